The molecule has 2 aromatic carbocycles. The Morgan fingerprint density at radius 1 is 1.32 bits per heavy atom. The molecule has 0 saturated heterocycles. The number of nitrogens with one attached hydrogen (secondary N) is 1. The first-order valence-corrected chi connectivity index (χ1v) is 11.9. The zero-order chi connectivity index (χ0) is 20.5. The Morgan fingerprint density at radius 2 is 2.07 bits per heavy atom. The van der Waals surface area contributed by atoms with Gasteiger partial charge in [0.1, 0.15) is 11.5 Å². The molecule has 0 aliphatic carbocycles. The predicted molar refractivity (Wildman–Crippen MR) is 114 cm³/mol. The Balaban J connectivity index is 1.91. The predicted octanol–water partition coefficient (Wildman–Crippen LogP) is 6.08. The average molecular weight is 458 g/mol. The van der Waals surface area contributed by atoms with E-state index in [4.69, 9.17) is 23.2 Å². The van der Waals surface area contributed by atoms with Crippen LogP contribution < -0.4 is 5.32 Å². The van der Waals surface area contributed by atoms with E-state index in [2.05, 4.69) is 5.32 Å². The lowest BCUT2D eigenvalue weighted by Gasteiger charge is -2.18. The van der Waals surface area contributed by atoms with E-state index in [1.54, 1.807) is 29.6 Å². The van der Waals surface area contributed by atoms with Gasteiger partial charge in [-0.2, -0.15) is 0 Å². The summed E-state index contributed by atoms with van der Waals surface area (Å²) in [6, 6.07) is 9.65. The molecule has 3 rings (SSSR count). The van der Waals surface area contributed by atoms with Crippen molar-refractivity contribution >= 4 is 64.0 Å². The largest absolute Gasteiger partial charge is 0.344 e. The summed E-state index contributed by atoms with van der Waals surface area (Å²) < 4.78 is 27.2. The molecule has 9 heteroatoms. The lowest BCUT2D eigenvalue weighted by molar-refractivity contribution is -0.120. The molecule has 3 aromatic rings. The van der Waals surface area contributed by atoms with Gasteiger partial charge in [-0.1, -0.05) is 35.3 Å². The van der Waals surface area contributed by atoms with Crippen molar-refractivity contribution in [1.29, 1.82) is 0 Å². The lowest BCUT2D eigenvalue weighted by Crippen LogP contribution is -2.25. The number of fused-ring (bicyclic) bond motifs is 1. The minimum atomic E-state index is -3.85. The van der Waals surface area contributed by atoms with E-state index in [9.17, 15) is 18.6 Å². The maximum atomic E-state index is 13.9. The zero-order valence-electron chi connectivity index (χ0n) is 14.5. The van der Waals surface area contributed by atoms with Crippen molar-refractivity contribution in [2.75, 3.05) is 6.66 Å². The molecule has 0 radical (unpaired) electrons. The smallest absolute Gasteiger partial charge is 0.241 e. The zero-order valence-corrected chi connectivity index (χ0v) is 17.7. The van der Waals surface area contributed by atoms with E-state index >= 15 is 0 Å². The van der Waals surface area contributed by atoms with Gasteiger partial charge >= 0.3 is 0 Å². The van der Waals surface area contributed by atoms with E-state index in [0.717, 1.165) is 11.4 Å². The average Bonchev–Trinajstić information content (AvgIpc) is 3.00. The van der Waals surface area contributed by atoms with Crippen molar-refractivity contribution < 1.29 is 18.6 Å². The Kier molecular flexibility index (Phi) is 6.28. The number of hydrogen-bond donors (Lipinski definition) is 2. The van der Waals surface area contributed by atoms with Crippen molar-refractivity contribution in [2.45, 2.75) is 5.66 Å². The summed E-state index contributed by atoms with van der Waals surface area (Å²) in [5.74, 6) is -1.29. The standard InChI is InChI=1S/C19H15Cl2FNO3PS/c1-27(25,26)18(14-10-28-16-6-5-12(20)9-13(14)16)19(24)23-8-7-11-3-2-4-15(21)17(11)22/h2-10,18H,1H3,(H,23,24)(H,25,26). The van der Waals surface area contributed by atoms with Crippen LogP contribution in [0.1, 0.15) is 16.8 Å². The Morgan fingerprint density at radius 3 is 2.79 bits per heavy atom. The third-order valence-electron chi connectivity index (χ3n) is 4.06. The van der Waals surface area contributed by atoms with Crippen LogP contribution in [0, 0.1) is 5.82 Å². The highest BCUT2D eigenvalue weighted by Gasteiger charge is 2.36. The quantitative estimate of drug-likeness (QED) is 0.456. The Labute approximate surface area is 175 Å². The molecule has 1 amide bonds. The van der Waals surface area contributed by atoms with E-state index in [-0.39, 0.29) is 10.6 Å². The SMILES string of the molecule is CP(=O)(O)C(C(=O)NC=Cc1cccc(Cl)c1F)c1csc2ccc(Cl)cc12. The highest BCUT2D eigenvalue weighted by atomic mass is 35.5. The summed E-state index contributed by atoms with van der Waals surface area (Å²) in [6.07, 6.45) is 2.55. The van der Waals surface area contributed by atoms with Gasteiger partial charge in [0, 0.05) is 28.2 Å². The third-order valence-corrected chi connectivity index (χ3v) is 7.04. The molecule has 0 saturated carbocycles. The van der Waals surface area contributed by atoms with Crippen LogP contribution in [-0.4, -0.2) is 17.5 Å². The van der Waals surface area contributed by atoms with Gasteiger partial charge in [-0.25, -0.2) is 4.39 Å². The van der Waals surface area contributed by atoms with E-state index in [1.165, 1.54) is 35.7 Å². The number of hydrogen-bond acceptors (Lipinski definition) is 3. The van der Waals surface area contributed by atoms with Gasteiger partial charge in [-0.3, -0.25) is 9.36 Å². The van der Waals surface area contributed by atoms with Crippen molar-refractivity contribution in [1.82, 2.24) is 5.32 Å². The summed E-state index contributed by atoms with van der Waals surface area (Å²) in [4.78, 5) is 22.9. The molecule has 1 heterocycles. The summed E-state index contributed by atoms with van der Waals surface area (Å²) in [5, 5.41) is 5.22. The van der Waals surface area contributed by atoms with Gasteiger partial charge in [0.05, 0.1) is 5.02 Å². The third kappa shape index (κ3) is 4.48. The van der Waals surface area contributed by atoms with Crippen LogP contribution in [0.4, 0.5) is 4.39 Å². The van der Waals surface area contributed by atoms with Crippen molar-refractivity contribution in [3.05, 3.63) is 75.0 Å². The van der Waals surface area contributed by atoms with Gasteiger partial charge < -0.3 is 10.2 Å². The molecule has 2 N–H and O–H groups in total. The molecule has 0 bridgehead atoms. The number of rotatable bonds is 5. The monoisotopic (exact) mass is 457 g/mol. The second-order valence-corrected chi connectivity index (χ2v) is 10.3. The summed E-state index contributed by atoms with van der Waals surface area (Å²) in [6.45, 7) is 1.13. The van der Waals surface area contributed by atoms with Gasteiger partial charge in [0.2, 0.25) is 13.3 Å². The molecule has 2 unspecified atom stereocenters. The van der Waals surface area contributed by atoms with Crippen LogP contribution in [0.3, 0.4) is 0 Å². The Bertz CT molecular complexity index is 1130. The van der Waals surface area contributed by atoms with Crippen molar-refractivity contribution in [3.63, 3.8) is 0 Å². The number of halogens is 3. The molecular formula is C19H15Cl2FNO3PS. The number of amides is 1. The fraction of sp³-hybridized carbons (Fsp3) is 0.105. The Hall–Kier alpha value is -1.69. The molecule has 0 fully saturated rings. The molecule has 0 aliphatic heterocycles. The fourth-order valence-electron chi connectivity index (χ4n) is 2.79. The normalized spacial score (nSPS) is 14.9. The van der Waals surface area contributed by atoms with Gasteiger partial charge in [-0.15, -0.1) is 11.3 Å². The minimum absolute atomic E-state index is 0.0404. The maximum absolute atomic E-state index is 13.9. The second kappa shape index (κ2) is 8.36. The van der Waals surface area contributed by atoms with Gasteiger partial charge in [0.15, 0.2) is 0 Å². The molecule has 1 aromatic heterocycles. The first-order chi connectivity index (χ1) is 13.2. The first kappa shape index (κ1) is 21.0. The van der Waals surface area contributed by atoms with Crippen LogP contribution in [0.5, 0.6) is 0 Å². The van der Waals surface area contributed by atoms with E-state index < -0.39 is 24.8 Å². The van der Waals surface area contributed by atoms with Crippen molar-refractivity contribution in [2.24, 2.45) is 0 Å². The lowest BCUT2D eigenvalue weighted by atomic mass is 10.1. The fourth-order valence-corrected chi connectivity index (χ4v) is 5.45. The molecule has 0 aliphatic rings. The number of thiophene rings is 1. The number of carbonyl (C=O) groups is 1. The summed E-state index contributed by atoms with van der Waals surface area (Å²) in [5.41, 5.74) is -0.676. The summed E-state index contributed by atoms with van der Waals surface area (Å²) >= 11 is 13.1. The molecular weight excluding hydrogens is 443 g/mol. The van der Waals surface area contributed by atoms with Crippen molar-refractivity contribution in [3.8, 4) is 0 Å². The van der Waals surface area contributed by atoms with Crippen LogP contribution >= 0.6 is 41.9 Å². The van der Waals surface area contributed by atoms with E-state index in [0.29, 0.717) is 16.0 Å². The van der Waals surface area contributed by atoms with Crippen LogP contribution in [-0.2, 0) is 9.36 Å². The molecule has 146 valence electrons. The molecule has 28 heavy (non-hydrogen) atoms. The van der Waals surface area contributed by atoms with Gasteiger partial charge in [-0.05, 0) is 46.7 Å². The first-order valence-electron chi connectivity index (χ1n) is 8.06. The number of carbonyl (C=O) groups excluding carboxylic acids is 1. The topological polar surface area (TPSA) is 66.4 Å². The van der Waals surface area contributed by atoms with Crippen LogP contribution in [0.15, 0.2) is 48.0 Å². The van der Waals surface area contributed by atoms with Crippen LogP contribution in [0.25, 0.3) is 16.2 Å². The van der Waals surface area contributed by atoms with Gasteiger partial charge in [0.25, 0.3) is 0 Å². The summed E-state index contributed by atoms with van der Waals surface area (Å²) in [7, 11) is -3.85. The highest BCUT2D eigenvalue weighted by Crippen LogP contribution is 2.54. The second-order valence-electron chi connectivity index (χ2n) is 6.16. The molecule has 0 spiro atoms. The highest BCUT2D eigenvalue weighted by molar-refractivity contribution is 7.58. The number of benzene rings is 2. The van der Waals surface area contributed by atoms with E-state index in [1.807, 2.05) is 0 Å². The minimum Gasteiger partial charge on any atom is -0.344 e. The maximum Gasteiger partial charge on any atom is 0.241 e. The molecule has 4 nitrogen and oxygen atoms in total. The van der Waals surface area contributed by atoms with Crippen LogP contribution in [0.2, 0.25) is 10.0 Å². The molecule has 2 atom stereocenters.